The van der Waals surface area contributed by atoms with Crippen LogP contribution in [0.4, 0.5) is 0 Å². The van der Waals surface area contributed by atoms with E-state index in [0.29, 0.717) is 43.3 Å². The monoisotopic (exact) mass is 510 g/mol. The summed E-state index contributed by atoms with van der Waals surface area (Å²) in [6.45, 7) is 13.9. The molecule has 2 atom stereocenters. The number of ether oxygens (including phenoxy) is 1. The van der Waals surface area contributed by atoms with Crippen molar-refractivity contribution in [3.05, 3.63) is 41.5 Å². The SMILES string of the molecule is CCC(C)C(C(=O)O)(c1ccc(CNC(=O)CCCCC=CC(C)C)cc1OC)N(CC)CC.Cl. The number of methoxy groups -OCH3 is 1. The van der Waals surface area contributed by atoms with Crippen LogP contribution in [0.5, 0.6) is 5.75 Å². The Morgan fingerprint density at radius 2 is 1.80 bits per heavy atom. The number of hydrogen-bond donors (Lipinski definition) is 2. The zero-order valence-electron chi connectivity index (χ0n) is 22.7. The summed E-state index contributed by atoms with van der Waals surface area (Å²) < 4.78 is 5.69. The van der Waals surface area contributed by atoms with E-state index in [4.69, 9.17) is 4.74 Å². The maximum atomic E-state index is 12.8. The van der Waals surface area contributed by atoms with Crippen LogP contribution in [0.2, 0.25) is 0 Å². The number of aliphatic carboxylic acids is 1. The van der Waals surface area contributed by atoms with Crippen LogP contribution in [-0.2, 0) is 21.7 Å². The lowest BCUT2D eigenvalue weighted by molar-refractivity contribution is -0.157. The number of halogens is 1. The largest absolute Gasteiger partial charge is 0.496 e. The van der Waals surface area contributed by atoms with Gasteiger partial charge in [0.05, 0.1) is 7.11 Å². The molecule has 0 saturated carbocycles. The minimum atomic E-state index is -1.19. The molecule has 0 bridgehead atoms. The third-order valence-electron chi connectivity index (χ3n) is 6.63. The summed E-state index contributed by atoms with van der Waals surface area (Å²) in [6, 6.07) is 5.62. The second-order valence-corrected chi connectivity index (χ2v) is 9.28. The molecule has 1 aromatic rings. The van der Waals surface area contributed by atoms with E-state index in [9.17, 15) is 14.7 Å². The van der Waals surface area contributed by atoms with E-state index in [-0.39, 0.29) is 24.2 Å². The summed E-state index contributed by atoms with van der Waals surface area (Å²) in [4.78, 5) is 27.1. The summed E-state index contributed by atoms with van der Waals surface area (Å²) in [6.07, 6.45) is 8.45. The summed E-state index contributed by atoms with van der Waals surface area (Å²) in [5.41, 5.74) is 0.358. The van der Waals surface area contributed by atoms with Crippen LogP contribution in [0, 0.1) is 11.8 Å². The molecular formula is C28H47ClN2O4. The zero-order valence-corrected chi connectivity index (χ0v) is 23.5. The maximum absolute atomic E-state index is 12.8. The molecule has 2 unspecified atom stereocenters. The highest BCUT2D eigenvalue weighted by molar-refractivity contribution is 5.85. The van der Waals surface area contributed by atoms with Crippen molar-refractivity contribution in [2.75, 3.05) is 20.2 Å². The molecule has 0 aliphatic rings. The molecule has 0 fully saturated rings. The molecule has 0 spiro atoms. The normalized spacial score (nSPS) is 14.0. The number of rotatable bonds is 16. The summed E-state index contributed by atoms with van der Waals surface area (Å²) in [5.74, 6) is 0.134. The molecule has 1 aromatic carbocycles. The first kappa shape index (κ1) is 33.0. The van der Waals surface area contributed by atoms with E-state index >= 15 is 0 Å². The highest BCUT2D eigenvalue weighted by atomic mass is 35.5. The number of carboxylic acid groups (broad SMARTS) is 1. The van der Waals surface area contributed by atoms with Gasteiger partial charge in [0.15, 0.2) is 5.54 Å². The summed E-state index contributed by atoms with van der Waals surface area (Å²) >= 11 is 0. The molecule has 35 heavy (non-hydrogen) atoms. The summed E-state index contributed by atoms with van der Waals surface area (Å²) in [5, 5.41) is 13.5. The Labute approximate surface area is 218 Å². The number of nitrogens with zero attached hydrogens (tertiary/aromatic N) is 1. The van der Waals surface area contributed by atoms with Gasteiger partial charge in [0, 0.05) is 18.5 Å². The molecular weight excluding hydrogens is 464 g/mol. The van der Waals surface area contributed by atoms with E-state index in [1.807, 2.05) is 50.8 Å². The molecule has 2 N–H and O–H groups in total. The van der Waals surface area contributed by atoms with Crippen LogP contribution in [0.1, 0.15) is 84.8 Å². The van der Waals surface area contributed by atoms with Gasteiger partial charge < -0.3 is 15.2 Å². The van der Waals surface area contributed by atoms with E-state index in [2.05, 4.69) is 31.3 Å². The highest BCUT2D eigenvalue weighted by Gasteiger charge is 2.50. The molecule has 0 aliphatic heterocycles. The van der Waals surface area contributed by atoms with Gasteiger partial charge in [-0.05, 0) is 55.8 Å². The third kappa shape index (κ3) is 8.84. The Morgan fingerprint density at radius 3 is 2.31 bits per heavy atom. The fraction of sp³-hybridized carbons (Fsp3) is 0.643. The van der Waals surface area contributed by atoms with Gasteiger partial charge in [0.25, 0.3) is 0 Å². The van der Waals surface area contributed by atoms with Crippen LogP contribution in [0.15, 0.2) is 30.4 Å². The molecule has 0 aromatic heterocycles. The van der Waals surface area contributed by atoms with Crippen molar-refractivity contribution in [1.82, 2.24) is 10.2 Å². The Hall–Kier alpha value is -2.05. The number of benzene rings is 1. The fourth-order valence-electron chi connectivity index (χ4n) is 4.59. The van der Waals surface area contributed by atoms with Crippen molar-refractivity contribution in [1.29, 1.82) is 0 Å². The topological polar surface area (TPSA) is 78.9 Å². The number of carbonyl (C=O) groups excluding carboxylic acids is 1. The number of unbranched alkanes of at least 4 members (excludes halogenated alkanes) is 2. The smallest absolute Gasteiger partial charge is 0.329 e. The Balaban J connectivity index is 0.0000116. The zero-order chi connectivity index (χ0) is 25.7. The lowest BCUT2D eigenvalue weighted by atomic mass is 9.75. The van der Waals surface area contributed by atoms with Crippen LogP contribution >= 0.6 is 12.4 Å². The van der Waals surface area contributed by atoms with Gasteiger partial charge in [0.2, 0.25) is 5.91 Å². The molecule has 1 rings (SSSR count). The fourth-order valence-corrected chi connectivity index (χ4v) is 4.59. The Kier molecular flexibility index (Phi) is 15.6. The summed E-state index contributed by atoms with van der Waals surface area (Å²) in [7, 11) is 1.57. The van der Waals surface area contributed by atoms with E-state index in [0.717, 1.165) is 31.2 Å². The molecule has 7 heteroatoms. The second-order valence-electron chi connectivity index (χ2n) is 9.28. The first-order chi connectivity index (χ1) is 16.2. The van der Waals surface area contributed by atoms with E-state index in [1.165, 1.54) is 0 Å². The standard InChI is InChI=1S/C28H46N2O4.ClH/c1-8-22(6)28(27(32)33,30(9-2)10-3)24-18-17-23(19-25(24)34-7)20-29-26(31)16-14-12-11-13-15-21(4)5;/h13,15,17-19,21-22H,8-12,14,16,20H2,1-7H3,(H,29,31)(H,32,33);1H. The third-order valence-corrected chi connectivity index (χ3v) is 6.63. The van der Waals surface area contributed by atoms with Gasteiger partial charge >= 0.3 is 5.97 Å². The molecule has 0 radical (unpaired) electrons. The first-order valence-electron chi connectivity index (χ1n) is 12.8. The Morgan fingerprint density at radius 1 is 1.14 bits per heavy atom. The lowest BCUT2D eigenvalue weighted by Crippen LogP contribution is -2.56. The maximum Gasteiger partial charge on any atom is 0.329 e. The lowest BCUT2D eigenvalue weighted by Gasteiger charge is -2.44. The molecule has 6 nitrogen and oxygen atoms in total. The van der Waals surface area contributed by atoms with Gasteiger partial charge in [-0.1, -0.05) is 72.2 Å². The quantitative estimate of drug-likeness (QED) is 0.205. The van der Waals surface area contributed by atoms with Crippen molar-refractivity contribution in [2.45, 2.75) is 85.7 Å². The van der Waals surface area contributed by atoms with Crippen molar-refractivity contribution in [3.63, 3.8) is 0 Å². The predicted octanol–water partition coefficient (Wildman–Crippen LogP) is 6.17. The average molecular weight is 511 g/mol. The van der Waals surface area contributed by atoms with Gasteiger partial charge in [0.1, 0.15) is 5.75 Å². The minimum Gasteiger partial charge on any atom is -0.496 e. The number of hydrogen-bond acceptors (Lipinski definition) is 4. The van der Waals surface area contributed by atoms with Crippen molar-refractivity contribution < 1.29 is 19.4 Å². The first-order valence-corrected chi connectivity index (χ1v) is 12.8. The Bertz CT molecular complexity index is 808. The van der Waals surface area contributed by atoms with Gasteiger partial charge in [-0.3, -0.25) is 9.69 Å². The van der Waals surface area contributed by atoms with E-state index < -0.39 is 11.5 Å². The highest BCUT2D eigenvalue weighted by Crippen LogP contribution is 2.43. The van der Waals surface area contributed by atoms with Crippen LogP contribution in [0.25, 0.3) is 0 Å². The molecule has 0 saturated heterocycles. The molecule has 200 valence electrons. The number of carbonyl (C=O) groups is 2. The number of likely N-dealkylation sites (N-methyl/N-ethyl adjacent to an activating group) is 1. The minimum absolute atomic E-state index is 0. The molecule has 0 aliphatic carbocycles. The van der Waals surface area contributed by atoms with Crippen LogP contribution < -0.4 is 10.1 Å². The number of nitrogens with one attached hydrogen (secondary N) is 1. The van der Waals surface area contributed by atoms with Crippen LogP contribution in [0.3, 0.4) is 0 Å². The van der Waals surface area contributed by atoms with Crippen molar-refractivity contribution in [3.8, 4) is 5.75 Å². The average Bonchev–Trinajstić information content (AvgIpc) is 2.82. The van der Waals surface area contributed by atoms with Crippen LogP contribution in [-0.4, -0.2) is 42.1 Å². The van der Waals surface area contributed by atoms with E-state index in [1.54, 1.807) is 7.11 Å². The predicted molar refractivity (Wildman–Crippen MR) is 146 cm³/mol. The number of carboxylic acids is 1. The second kappa shape index (κ2) is 16.6. The van der Waals surface area contributed by atoms with Crippen molar-refractivity contribution >= 4 is 24.3 Å². The van der Waals surface area contributed by atoms with Crippen molar-refractivity contribution in [2.24, 2.45) is 11.8 Å². The number of amides is 1. The van der Waals surface area contributed by atoms with Gasteiger partial charge in [-0.2, -0.15) is 0 Å². The molecule has 0 heterocycles. The molecule has 1 amide bonds. The van der Waals surface area contributed by atoms with Gasteiger partial charge in [-0.25, -0.2) is 4.79 Å². The number of allylic oxidation sites excluding steroid dienone is 2. The van der Waals surface area contributed by atoms with Gasteiger partial charge in [-0.15, -0.1) is 12.4 Å².